The minimum absolute atomic E-state index is 0.131. The van der Waals surface area contributed by atoms with Crippen LogP contribution in [0.3, 0.4) is 0 Å². The number of furan rings is 1. The Labute approximate surface area is 147 Å². The summed E-state index contributed by atoms with van der Waals surface area (Å²) in [7, 11) is 3.11. The first-order chi connectivity index (χ1) is 11.5. The highest BCUT2D eigenvalue weighted by molar-refractivity contribution is 9.10. The second-order valence-corrected chi connectivity index (χ2v) is 5.52. The maximum Gasteiger partial charge on any atom is 0.287 e. The standard InChI is InChI=1S/C16H17BrN2O5/c1-22-11-4-3-10(13(7-11)23-2)8-18-15(20)9-19-16(21)12-5-6-14(17)24-12/h3-7H,8-9H2,1-2H3,(H,18,20)(H,19,21). The van der Waals surface area contributed by atoms with Crippen LogP contribution < -0.4 is 20.1 Å². The first-order valence-electron chi connectivity index (χ1n) is 7.04. The number of hydrogen-bond donors (Lipinski definition) is 2. The zero-order valence-corrected chi connectivity index (χ0v) is 14.8. The Morgan fingerprint density at radius 1 is 1.12 bits per heavy atom. The fourth-order valence-corrected chi connectivity index (χ4v) is 2.24. The number of ether oxygens (including phenoxy) is 2. The first kappa shape index (κ1) is 17.9. The molecule has 1 aromatic carbocycles. The minimum atomic E-state index is -0.460. The zero-order valence-electron chi connectivity index (χ0n) is 13.2. The Balaban J connectivity index is 1.84. The Morgan fingerprint density at radius 3 is 2.54 bits per heavy atom. The summed E-state index contributed by atoms with van der Waals surface area (Å²) in [5.41, 5.74) is 0.799. The van der Waals surface area contributed by atoms with Crippen molar-refractivity contribution in [3.8, 4) is 11.5 Å². The molecule has 2 rings (SSSR count). The van der Waals surface area contributed by atoms with E-state index in [1.807, 2.05) is 0 Å². The third kappa shape index (κ3) is 4.76. The van der Waals surface area contributed by atoms with Crippen LogP contribution >= 0.6 is 15.9 Å². The van der Waals surface area contributed by atoms with E-state index in [4.69, 9.17) is 13.9 Å². The number of halogens is 1. The molecule has 0 bridgehead atoms. The second-order valence-electron chi connectivity index (χ2n) is 4.74. The van der Waals surface area contributed by atoms with Crippen molar-refractivity contribution in [1.82, 2.24) is 10.6 Å². The van der Waals surface area contributed by atoms with Crippen molar-refractivity contribution < 1.29 is 23.5 Å². The van der Waals surface area contributed by atoms with Gasteiger partial charge >= 0.3 is 0 Å². The lowest BCUT2D eigenvalue weighted by molar-refractivity contribution is -0.120. The van der Waals surface area contributed by atoms with Gasteiger partial charge in [0.05, 0.1) is 20.8 Å². The van der Waals surface area contributed by atoms with E-state index in [1.54, 1.807) is 38.5 Å². The molecule has 8 heteroatoms. The number of amides is 2. The number of carbonyl (C=O) groups is 2. The highest BCUT2D eigenvalue weighted by Crippen LogP contribution is 2.24. The highest BCUT2D eigenvalue weighted by Gasteiger charge is 2.12. The molecule has 2 aromatic rings. The van der Waals surface area contributed by atoms with Crippen LogP contribution in [0.5, 0.6) is 11.5 Å². The van der Waals surface area contributed by atoms with Crippen LogP contribution in [0.4, 0.5) is 0 Å². The smallest absolute Gasteiger partial charge is 0.287 e. The quantitative estimate of drug-likeness (QED) is 0.747. The number of methoxy groups -OCH3 is 2. The summed E-state index contributed by atoms with van der Waals surface area (Å²) in [4.78, 5) is 23.6. The monoisotopic (exact) mass is 396 g/mol. The van der Waals surface area contributed by atoms with Crippen LogP contribution in [0.1, 0.15) is 16.1 Å². The molecular formula is C16H17BrN2O5. The maximum atomic E-state index is 11.8. The molecule has 0 aliphatic heterocycles. The molecule has 0 radical (unpaired) electrons. The van der Waals surface area contributed by atoms with Crippen molar-refractivity contribution in [3.63, 3.8) is 0 Å². The third-order valence-electron chi connectivity index (χ3n) is 3.18. The van der Waals surface area contributed by atoms with Crippen LogP contribution in [0.25, 0.3) is 0 Å². The van der Waals surface area contributed by atoms with E-state index in [-0.39, 0.29) is 24.8 Å². The highest BCUT2D eigenvalue weighted by atomic mass is 79.9. The summed E-state index contributed by atoms with van der Waals surface area (Å²) in [6.45, 7) is 0.115. The van der Waals surface area contributed by atoms with Crippen molar-refractivity contribution in [2.24, 2.45) is 0 Å². The predicted molar refractivity (Wildman–Crippen MR) is 90.1 cm³/mol. The van der Waals surface area contributed by atoms with Gasteiger partial charge in [-0.25, -0.2) is 0 Å². The average molecular weight is 397 g/mol. The number of benzene rings is 1. The van der Waals surface area contributed by atoms with Gasteiger partial charge in [0.15, 0.2) is 10.4 Å². The molecule has 0 atom stereocenters. The average Bonchev–Trinajstić information content (AvgIpc) is 3.04. The molecule has 0 fully saturated rings. The summed E-state index contributed by atoms with van der Waals surface area (Å²) in [6.07, 6.45) is 0. The molecule has 1 aromatic heterocycles. The van der Waals surface area contributed by atoms with Crippen LogP contribution in [-0.2, 0) is 11.3 Å². The van der Waals surface area contributed by atoms with Gasteiger partial charge in [0.25, 0.3) is 5.91 Å². The van der Waals surface area contributed by atoms with Gasteiger partial charge in [-0.05, 0) is 40.2 Å². The Kier molecular flexibility index (Phi) is 6.25. The van der Waals surface area contributed by atoms with Crippen molar-refractivity contribution in [2.45, 2.75) is 6.54 Å². The van der Waals surface area contributed by atoms with Gasteiger partial charge in [0, 0.05) is 18.2 Å². The van der Waals surface area contributed by atoms with E-state index in [0.717, 1.165) is 5.56 Å². The van der Waals surface area contributed by atoms with Crippen LogP contribution in [0.2, 0.25) is 0 Å². The molecule has 24 heavy (non-hydrogen) atoms. The molecular weight excluding hydrogens is 380 g/mol. The van der Waals surface area contributed by atoms with Gasteiger partial charge in [-0.1, -0.05) is 0 Å². The Morgan fingerprint density at radius 2 is 1.92 bits per heavy atom. The van der Waals surface area contributed by atoms with Crippen molar-refractivity contribution in [1.29, 1.82) is 0 Å². The molecule has 0 spiro atoms. The van der Waals surface area contributed by atoms with Gasteiger partial charge in [0.2, 0.25) is 5.91 Å². The van der Waals surface area contributed by atoms with Gasteiger partial charge in [-0.2, -0.15) is 0 Å². The number of nitrogens with one attached hydrogen (secondary N) is 2. The number of hydrogen-bond acceptors (Lipinski definition) is 5. The SMILES string of the molecule is COc1ccc(CNC(=O)CNC(=O)c2ccc(Br)o2)c(OC)c1. The van der Waals surface area contributed by atoms with Gasteiger partial charge in [-0.3, -0.25) is 9.59 Å². The van der Waals surface area contributed by atoms with Crippen molar-refractivity contribution in [2.75, 3.05) is 20.8 Å². The molecule has 0 aliphatic rings. The van der Waals surface area contributed by atoms with E-state index < -0.39 is 5.91 Å². The molecule has 2 N–H and O–H groups in total. The van der Waals surface area contributed by atoms with E-state index in [0.29, 0.717) is 16.2 Å². The van der Waals surface area contributed by atoms with Gasteiger partial charge < -0.3 is 24.5 Å². The van der Waals surface area contributed by atoms with Crippen LogP contribution in [-0.4, -0.2) is 32.6 Å². The van der Waals surface area contributed by atoms with Crippen molar-refractivity contribution >= 4 is 27.7 Å². The lowest BCUT2D eigenvalue weighted by atomic mass is 10.2. The molecule has 0 unspecified atom stereocenters. The number of carbonyl (C=O) groups excluding carboxylic acids is 2. The third-order valence-corrected chi connectivity index (χ3v) is 3.60. The lowest BCUT2D eigenvalue weighted by Crippen LogP contribution is -2.36. The molecule has 7 nitrogen and oxygen atoms in total. The summed E-state index contributed by atoms with van der Waals surface area (Å²) in [5.74, 6) is 0.620. The summed E-state index contributed by atoms with van der Waals surface area (Å²) >= 11 is 3.11. The first-order valence-corrected chi connectivity index (χ1v) is 7.84. The van der Waals surface area contributed by atoms with Gasteiger partial charge in [0.1, 0.15) is 11.5 Å². The van der Waals surface area contributed by atoms with E-state index in [9.17, 15) is 9.59 Å². The van der Waals surface area contributed by atoms with E-state index >= 15 is 0 Å². The van der Waals surface area contributed by atoms with E-state index in [1.165, 1.54) is 6.07 Å². The fraction of sp³-hybridized carbons (Fsp3) is 0.250. The topological polar surface area (TPSA) is 89.8 Å². The Bertz CT molecular complexity index is 729. The molecule has 1 heterocycles. The molecule has 0 saturated carbocycles. The van der Waals surface area contributed by atoms with Gasteiger partial charge in [-0.15, -0.1) is 0 Å². The molecule has 0 aliphatic carbocycles. The molecule has 0 saturated heterocycles. The summed E-state index contributed by atoms with van der Waals surface area (Å²) in [6, 6.07) is 8.43. The van der Waals surface area contributed by atoms with Crippen molar-refractivity contribution in [3.05, 3.63) is 46.3 Å². The minimum Gasteiger partial charge on any atom is -0.497 e. The summed E-state index contributed by atoms with van der Waals surface area (Å²) < 4.78 is 15.9. The van der Waals surface area contributed by atoms with Crippen LogP contribution in [0, 0.1) is 0 Å². The normalized spacial score (nSPS) is 10.1. The Hall–Kier alpha value is -2.48. The summed E-state index contributed by atoms with van der Waals surface area (Å²) in [5, 5.41) is 5.19. The molecule has 128 valence electrons. The maximum absolute atomic E-state index is 11.8. The van der Waals surface area contributed by atoms with E-state index in [2.05, 4.69) is 26.6 Å². The lowest BCUT2D eigenvalue weighted by Gasteiger charge is -2.11. The molecule has 2 amide bonds. The fourth-order valence-electron chi connectivity index (χ4n) is 1.94. The number of rotatable bonds is 7. The van der Waals surface area contributed by atoms with Crippen LogP contribution in [0.15, 0.2) is 39.4 Å². The predicted octanol–water partition coefficient (Wildman–Crippen LogP) is 2.11. The largest absolute Gasteiger partial charge is 0.497 e. The second kappa shape index (κ2) is 8.39. The zero-order chi connectivity index (χ0) is 17.5.